The molecule has 0 bridgehead atoms. The molecule has 2 aromatic carbocycles. The van der Waals surface area contributed by atoms with Gasteiger partial charge in [0.2, 0.25) is 0 Å². The summed E-state index contributed by atoms with van der Waals surface area (Å²) in [6.07, 6.45) is 0. The molecule has 0 spiro atoms. The number of benzene rings is 2. The zero-order valence-electron chi connectivity index (χ0n) is 13.7. The fraction of sp³-hybridized carbons (Fsp3) is 0.278. The van der Waals surface area contributed by atoms with Gasteiger partial charge in [-0.25, -0.2) is 0 Å². The summed E-state index contributed by atoms with van der Waals surface area (Å²) in [6.45, 7) is 3.60. The summed E-state index contributed by atoms with van der Waals surface area (Å²) in [5.74, 6) is 0.864. The maximum Gasteiger partial charge on any atom is 0.170 e. The molecule has 6 nitrogen and oxygen atoms in total. The molecule has 0 N–H and O–H groups in total. The molecule has 0 atom stereocenters. The van der Waals surface area contributed by atoms with Crippen LogP contribution in [-0.4, -0.2) is 45.2 Å². The van der Waals surface area contributed by atoms with Gasteiger partial charge in [-0.15, -0.1) is 5.10 Å². The Morgan fingerprint density at radius 1 is 0.958 bits per heavy atom. The Labute approximate surface area is 141 Å². The van der Waals surface area contributed by atoms with Gasteiger partial charge in [-0.05, 0) is 34.2 Å². The standard InChI is InChI=1S/C18H20N6/c1-22-11-12-23(13-15-7-5-6-10-17(15)22)14-18-19-20-21-24(18)16-8-3-2-4-9-16/h2-10H,11-14H2,1H3. The number of likely N-dealkylation sites (N-methyl/N-ethyl adjacent to an activating group) is 1. The molecule has 0 aliphatic carbocycles. The summed E-state index contributed by atoms with van der Waals surface area (Å²) in [5, 5.41) is 12.3. The average molecular weight is 320 g/mol. The van der Waals surface area contributed by atoms with Crippen molar-refractivity contribution in [3.63, 3.8) is 0 Å². The van der Waals surface area contributed by atoms with Gasteiger partial charge in [0, 0.05) is 32.4 Å². The van der Waals surface area contributed by atoms with Crippen LogP contribution < -0.4 is 4.90 Å². The summed E-state index contributed by atoms with van der Waals surface area (Å²) < 4.78 is 1.82. The van der Waals surface area contributed by atoms with E-state index >= 15 is 0 Å². The van der Waals surface area contributed by atoms with Crippen molar-refractivity contribution in [1.82, 2.24) is 25.1 Å². The van der Waals surface area contributed by atoms with Crippen molar-refractivity contribution in [1.29, 1.82) is 0 Å². The number of fused-ring (bicyclic) bond motifs is 1. The first kappa shape index (κ1) is 14.8. The van der Waals surface area contributed by atoms with Gasteiger partial charge in [-0.2, -0.15) is 4.68 Å². The normalized spacial score (nSPS) is 15.1. The van der Waals surface area contributed by atoms with Crippen molar-refractivity contribution in [3.8, 4) is 5.69 Å². The number of tetrazole rings is 1. The highest BCUT2D eigenvalue weighted by atomic mass is 15.5. The number of hydrogen-bond acceptors (Lipinski definition) is 5. The summed E-state index contributed by atoms with van der Waals surface area (Å²) in [5.41, 5.74) is 3.64. The lowest BCUT2D eigenvalue weighted by molar-refractivity contribution is 0.260. The molecule has 2 heterocycles. The molecule has 0 saturated carbocycles. The van der Waals surface area contributed by atoms with Crippen molar-refractivity contribution in [2.45, 2.75) is 13.1 Å². The predicted molar refractivity (Wildman–Crippen MR) is 93.0 cm³/mol. The molecule has 0 fully saturated rings. The van der Waals surface area contributed by atoms with Crippen LogP contribution in [0.3, 0.4) is 0 Å². The zero-order valence-corrected chi connectivity index (χ0v) is 13.7. The lowest BCUT2D eigenvalue weighted by atomic mass is 10.1. The van der Waals surface area contributed by atoms with Gasteiger partial charge in [0.15, 0.2) is 5.82 Å². The predicted octanol–water partition coefficient (Wildman–Crippen LogP) is 2.11. The van der Waals surface area contributed by atoms with Gasteiger partial charge in [0.05, 0.1) is 12.2 Å². The Kier molecular flexibility index (Phi) is 3.96. The monoisotopic (exact) mass is 320 g/mol. The summed E-state index contributed by atoms with van der Waals surface area (Å²) in [4.78, 5) is 4.71. The maximum atomic E-state index is 4.24. The van der Waals surface area contributed by atoms with Gasteiger partial charge in [-0.3, -0.25) is 4.90 Å². The second kappa shape index (κ2) is 6.41. The molecule has 1 aliphatic heterocycles. The van der Waals surface area contributed by atoms with Crippen molar-refractivity contribution in [2.75, 3.05) is 25.0 Å². The largest absolute Gasteiger partial charge is 0.373 e. The first-order chi connectivity index (χ1) is 11.8. The molecule has 0 amide bonds. The van der Waals surface area contributed by atoms with Crippen LogP contribution in [0.5, 0.6) is 0 Å². The van der Waals surface area contributed by atoms with Gasteiger partial charge in [0.25, 0.3) is 0 Å². The zero-order chi connectivity index (χ0) is 16.4. The van der Waals surface area contributed by atoms with Crippen LogP contribution in [0.1, 0.15) is 11.4 Å². The Balaban J connectivity index is 1.58. The highest BCUT2D eigenvalue weighted by molar-refractivity contribution is 5.53. The van der Waals surface area contributed by atoms with Crippen molar-refractivity contribution < 1.29 is 0 Å². The van der Waals surface area contributed by atoms with E-state index in [1.54, 1.807) is 0 Å². The topological polar surface area (TPSA) is 50.1 Å². The van der Waals surface area contributed by atoms with Gasteiger partial charge in [-0.1, -0.05) is 36.4 Å². The smallest absolute Gasteiger partial charge is 0.170 e. The van der Waals surface area contributed by atoms with Crippen molar-refractivity contribution >= 4 is 5.69 Å². The SMILES string of the molecule is CN1CCN(Cc2nnnn2-c2ccccc2)Cc2ccccc21. The van der Waals surface area contributed by atoms with Crippen molar-refractivity contribution in [3.05, 3.63) is 66.0 Å². The molecule has 24 heavy (non-hydrogen) atoms. The number of para-hydroxylation sites is 2. The molecular formula is C18H20N6. The molecule has 0 radical (unpaired) electrons. The Bertz CT molecular complexity index is 813. The highest BCUT2D eigenvalue weighted by Gasteiger charge is 2.19. The Morgan fingerprint density at radius 2 is 1.75 bits per heavy atom. The van der Waals surface area contributed by atoms with E-state index in [-0.39, 0.29) is 0 Å². The average Bonchev–Trinajstić information content (AvgIpc) is 3.02. The molecular weight excluding hydrogens is 300 g/mol. The van der Waals surface area contributed by atoms with E-state index in [0.29, 0.717) is 0 Å². The van der Waals surface area contributed by atoms with E-state index in [1.807, 2.05) is 35.0 Å². The number of aromatic nitrogens is 4. The second-order valence-electron chi connectivity index (χ2n) is 6.10. The Morgan fingerprint density at radius 3 is 2.62 bits per heavy atom. The Hall–Kier alpha value is -2.73. The van der Waals surface area contributed by atoms with Crippen LogP contribution in [0.25, 0.3) is 5.69 Å². The summed E-state index contributed by atoms with van der Waals surface area (Å²) >= 11 is 0. The molecule has 3 aromatic rings. The molecule has 0 saturated heterocycles. The number of hydrogen-bond donors (Lipinski definition) is 0. The van der Waals surface area contributed by atoms with Gasteiger partial charge < -0.3 is 4.90 Å². The van der Waals surface area contributed by atoms with Crippen LogP contribution >= 0.6 is 0 Å². The van der Waals surface area contributed by atoms with E-state index in [9.17, 15) is 0 Å². The fourth-order valence-corrected chi connectivity index (χ4v) is 3.16. The molecule has 122 valence electrons. The first-order valence-corrected chi connectivity index (χ1v) is 8.15. The fourth-order valence-electron chi connectivity index (χ4n) is 3.16. The first-order valence-electron chi connectivity index (χ1n) is 8.15. The van der Waals surface area contributed by atoms with E-state index < -0.39 is 0 Å². The van der Waals surface area contributed by atoms with Gasteiger partial charge in [0.1, 0.15) is 0 Å². The number of rotatable bonds is 3. The van der Waals surface area contributed by atoms with Crippen LogP contribution in [-0.2, 0) is 13.1 Å². The lowest BCUT2D eigenvalue weighted by Gasteiger charge is -2.20. The van der Waals surface area contributed by atoms with Crippen LogP contribution in [0.2, 0.25) is 0 Å². The summed E-state index contributed by atoms with van der Waals surface area (Å²) in [7, 11) is 2.15. The van der Waals surface area contributed by atoms with Gasteiger partial charge >= 0.3 is 0 Å². The maximum absolute atomic E-state index is 4.24. The third kappa shape index (κ3) is 2.88. The van der Waals surface area contributed by atoms with Crippen molar-refractivity contribution in [2.24, 2.45) is 0 Å². The minimum absolute atomic E-state index is 0.726. The van der Waals surface area contributed by atoms with E-state index in [0.717, 1.165) is 37.7 Å². The second-order valence-corrected chi connectivity index (χ2v) is 6.10. The van der Waals surface area contributed by atoms with Crippen LogP contribution in [0.4, 0.5) is 5.69 Å². The lowest BCUT2D eigenvalue weighted by Crippen LogP contribution is -2.29. The van der Waals surface area contributed by atoms with E-state index in [4.69, 9.17) is 0 Å². The molecule has 1 aliphatic rings. The molecule has 0 unspecified atom stereocenters. The molecule has 4 rings (SSSR count). The van der Waals surface area contributed by atoms with Crippen LogP contribution in [0.15, 0.2) is 54.6 Å². The minimum atomic E-state index is 0.726. The van der Waals surface area contributed by atoms with E-state index in [2.05, 4.69) is 56.6 Å². The molecule has 1 aromatic heterocycles. The van der Waals surface area contributed by atoms with Crippen LogP contribution in [0, 0.1) is 0 Å². The van der Waals surface area contributed by atoms with E-state index in [1.165, 1.54) is 11.3 Å². The highest BCUT2D eigenvalue weighted by Crippen LogP contribution is 2.24. The number of anilines is 1. The third-order valence-electron chi connectivity index (χ3n) is 4.45. The quantitative estimate of drug-likeness (QED) is 0.740. The summed E-state index contributed by atoms with van der Waals surface area (Å²) in [6, 6.07) is 18.6. The minimum Gasteiger partial charge on any atom is -0.373 e. The number of nitrogens with zero attached hydrogens (tertiary/aromatic N) is 6. The third-order valence-corrected chi connectivity index (χ3v) is 4.45. The molecule has 6 heteroatoms.